The van der Waals surface area contributed by atoms with Crippen molar-refractivity contribution in [3.8, 4) is 0 Å². The van der Waals surface area contributed by atoms with E-state index in [4.69, 9.17) is 5.11 Å². The van der Waals surface area contributed by atoms with Gasteiger partial charge in [0, 0.05) is 6.61 Å². The average Bonchev–Trinajstić information content (AvgIpc) is 2.22. The minimum atomic E-state index is -4.12. The fourth-order valence-electron chi connectivity index (χ4n) is 1.15. The summed E-state index contributed by atoms with van der Waals surface area (Å²) in [5.74, 6) is -5.06. The molecule has 18 heavy (non-hydrogen) atoms. The van der Waals surface area contributed by atoms with Gasteiger partial charge in [0.15, 0.2) is 0 Å². The van der Waals surface area contributed by atoms with Crippen molar-refractivity contribution in [2.24, 2.45) is 5.41 Å². The lowest BCUT2D eigenvalue weighted by Gasteiger charge is -2.19. The van der Waals surface area contributed by atoms with Gasteiger partial charge in [-0.1, -0.05) is 6.42 Å². The molecule has 0 heterocycles. The zero-order valence-corrected chi connectivity index (χ0v) is 10.4. The number of unbranched alkanes of at least 4 members (excludes halogenated alkanes) is 1. The number of hydrogen-bond donors (Lipinski definition) is 1. The van der Waals surface area contributed by atoms with Crippen LogP contribution in [0.5, 0.6) is 0 Å². The number of carbonyl (C=O) groups is 1. The molecule has 0 aliphatic rings. The Kier molecular flexibility index (Phi) is 6.59. The molecule has 0 bridgehead atoms. The summed E-state index contributed by atoms with van der Waals surface area (Å²) in [6.45, 7) is 1.72. The minimum absolute atomic E-state index is 0.0853. The quantitative estimate of drug-likeness (QED) is 0.519. The first kappa shape index (κ1) is 17.2. The van der Waals surface area contributed by atoms with Crippen molar-refractivity contribution < 1.29 is 32.2 Å². The highest BCUT2D eigenvalue weighted by Crippen LogP contribution is 2.24. The third-order valence-electron chi connectivity index (χ3n) is 2.53. The zero-order chi connectivity index (χ0) is 14.4. The van der Waals surface area contributed by atoms with Gasteiger partial charge in [-0.05, 0) is 26.7 Å². The average molecular weight is 274 g/mol. The third-order valence-corrected chi connectivity index (χ3v) is 2.53. The summed E-state index contributed by atoms with van der Waals surface area (Å²) in [6.07, 6.45) is -2.53. The number of carboxylic acids is 1. The summed E-state index contributed by atoms with van der Waals surface area (Å²) < 4.78 is 52.7. The maximum atomic E-state index is 12.4. The van der Waals surface area contributed by atoms with Gasteiger partial charge in [-0.3, -0.25) is 4.79 Å². The highest BCUT2D eigenvalue weighted by Gasteiger charge is 2.40. The molecule has 0 aromatic carbocycles. The van der Waals surface area contributed by atoms with E-state index in [2.05, 4.69) is 4.74 Å². The lowest BCUT2D eigenvalue weighted by atomic mass is 9.87. The van der Waals surface area contributed by atoms with E-state index < -0.39 is 30.3 Å². The molecule has 0 fully saturated rings. The second-order valence-electron chi connectivity index (χ2n) is 4.76. The summed E-state index contributed by atoms with van der Waals surface area (Å²) in [5.41, 5.74) is -0.882. The molecular formula is C11H18F4O3. The molecule has 0 radical (unpaired) electrons. The van der Waals surface area contributed by atoms with Crippen LogP contribution in [0, 0.1) is 5.41 Å². The van der Waals surface area contributed by atoms with Crippen molar-refractivity contribution in [2.75, 3.05) is 13.2 Å². The molecule has 0 rings (SSSR count). The fraction of sp³-hybridized carbons (Fsp3) is 0.909. The van der Waals surface area contributed by atoms with E-state index in [0.717, 1.165) is 0 Å². The minimum Gasteiger partial charge on any atom is -0.481 e. The summed E-state index contributed by atoms with van der Waals surface area (Å²) in [5, 5.41) is 8.80. The first-order valence-electron chi connectivity index (χ1n) is 5.57. The Bertz CT molecular complexity index is 267. The topological polar surface area (TPSA) is 46.5 Å². The van der Waals surface area contributed by atoms with Gasteiger partial charge in [0.25, 0.3) is 0 Å². The second-order valence-corrected chi connectivity index (χ2v) is 4.76. The second kappa shape index (κ2) is 6.92. The van der Waals surface area contributed by atoms with E-state index in [1.807, 2.05) is 0 Å². The Labute approximate surface area is 103 Å². The monoisotopic (exact) mass is 274 g/mol. The van der Waals surface area contributed by atoms with Crippen LogP contribution in [0.25, 0.3) is 0 Å². The molecule has 0 unspecified atom stereocenters. The summed E-state index contributed by atoms with van der Waals surface area (Å²) >= 11 is 0. The standard InChI is InChI=1S/C11H18F4O3/c1-10(2,9(16)17)5-3-4-6-18-7-11(14,15)8(12)13/h8H,3-7H2,1-2H3,(H,16,17). The molecule has 0 spiro atoms. The largest absolute Gasteiger partial charge is 0.481 e. The Morgan fingerprint density at radius 2 is 1.83 bits per heavy atom. The normalized spacial score (nSPS) is 13.1. The van der Waals surface area contributed by atoms with Crippen LogP contribution in [0.15, 0.2) is 0 Å². The predicted octanol–water partition coefficient (Wildman–Crippen LogP) is 3.18. The van der Waals surface area contributed by atoms with Crippen molar-refractivity contribution in [1.82, 2.24) is 0 Å². The lowest BCUT2D eigenvalue weighted by Crippen LogP contribution is -2.32. The smallest absolute Gasteiger partial charge is 0.330 e. The Hall–Kier alpha value is -0.850. The van der Waals surface area contributed by atoms with E-state index >= 15 is 0 Å². The number of alkyl halides is 4. The molecule has 7 heteroatoms. The summed E-state index contributed by atoms with van der Waals surface area (Å²) in [7, 11) is 0. The number of rotatable bonds is 9. The van der Waals surface area contributed by atoms with Crippen LogP contribution in [0.2, 0.25) is 0 Å². The van der Waals surface area contributed by atoms with E-state index in [9.17, 15) is 22.4 Å². The molecule has 3 nitrogen and oxygen atoms in total. The molecular weight excluding hydrogens is 256 g/mol. The Morgan fingerprint density at radius 1 is 1.28 bits per heavy atom. The number of hydrogen-bond acceptors (Lipinski definition) is 2. The van der Waals surface area contributed by atoms with Crippen LogP contribution in [-0.2, 0) is 9.53 Å². The number of ether oxygens (including phenoxy) is 1. The Morgan fingerprint density at radius 3 is 2.28 bits per heavy atom. The number of carboxylic acid groups (broad SMARTS) is 1. The van der Waals surface area contributed by atoms with Gasteiger partial charge in [0.1, 0.15) is 6.61 Å². The first-order chi connectivity index (χ1) is 8.09. The number of halogens is 4. The van der Waals surface area contributed by atoms with E-state index in [0.29, 0.717) is 19.3 Å². The highest BCUT2D eigenvalue weighted by atomic mass is 19.3. The van der Waals surface area contributed by atoms with E-state index in [1.54, 1.807) is 13.8 Å². The Balaban J connectivity index is 3.68. The van der Waals surface area contributed by atoms with Gasteiger partial charge < -0.3 is 9.84 Å². The zero-order valence-electron chi connectivity index (χ0n) is 10.4. The summed E-state index contributed by atoms with van der Waals surface area (Å²) in [6, 6.07) is 0. The maximum absolute atomic E-state index is 12.4. The van der Waals surface area contributed by atoms with Crippen LogP contribution < -0.4 is 0 Å². The van der Waals surface area contributed by atoms with Gasteiger partial charge in [0.05, 0.1) is 5.41 Å². The molecule has 0 aliphatic carbocycles. The van der Waals surface area contributed by atoms with Crippen molar-refractivity contribution >= 4 is 5.97 Å². The van der Waals surface area contributed by atoms with Crippen molar-refractivity contribution in [2.45, 2.75) is 45.5 Å². The van der Waals surface area contributed by atoms with Crippen LogP contribution in [0.4, 0.5) is 17.6 Å². The lowest BCUT2D eigenvalue weighted by molar-refractivity contribution is -0.166. The molecule has 0 aliphatic heterocycles. The molecule has 0 amide bonds. The van der Waals surface area contributed by atoms with Crippen LogP contribution in [0.1, 0.15) is 33.1 Å². The highest BCUT2D eigenvalue weighted by molar-refractivity contribution is 5.73. The molecule has 0 aromatic rings. The fourth-order valence-corrected chi connectivity index (χ4v) is 1.15. The molecule has 0 atom stereocenters. The van der Waals surface area contributed by atoms with Crippen LogP contribution >= 0.6 is 0 Å². The van der Waals surface area contributed by atoms with E-state index in [-0.39, 0.29) is 6.61 Å². The molecule has 1 N–H and O–H groups in total. The van der Waals surface area contributed by atoms with Crippen LogP contribution in [0.3, 0.4) is 0 Å². The maximum Gasteiger partial charge on any atom is 0.330 e. The van der Waals surface area contributed by atoms with Gasteiger partial charge in [-0.25, -0.2) is 8.78 Å². The van der Waals surface area contributed by atoms with Gasteiger partial charge in [0.2, 0.25) is 0 Å². The molecule has 0 saturated carbocycles. The number of aliphatic carboxylic acids is 1. The molecule has 108 valence electrons. The van der Waals surface area contributed by atoms with Crippen molar-refractivity contribution in [3.05, 3.63) is 0 Å². The van der Waals surface area contributed by atoms with E-state index in [1.165, 1.54) is 0 Å². The van der Waals surface area contributed by atoms with Gasteiger partial charge in [-0.2, -0.15) is 8.78 Å². The summed E-state index contributed by atoms with van der Waals surface area (Å²) in [4.78, 5) is 10.7. The van der Waals surface area contributed by atoms with Crippen molar-refractivity contribution in [1.29, 1.82) is 0 Å². The molecule has 0 aromatic heterocycles. The molecule has 0 saturated heterocycles. The van der Waals surface area contributed by atoms with Crippen molar-refractivity contribution in [3.63, 3.8) is 0 Å². The van der Waals surface area contributed by atoms with Crippen LogP contribution in [-0.4, -0.2) is 36.6 Å². The van der Waals surface area contributed by atoms with Gasteiger partial charge >= 0.3 is 18.3 Å². The SMILES string of the molecule is CC(C)(CCCCOCC(F)(F)C(F)F)C(=O)O. The third kappa shape index (κ3) is 6.18. The van der Waals surface area contributed by atoms with Gasteiger partial charge in [-0.15, -0.1) is 0 Å². The predicted molar refractivity (Wildman–Crippen MR) is 57.0 cm³/mol. The first-order valence-corrected chi connectivity index (χ1v) is 5.57.